The molecule has 0 fully saturated rings. The number of hydrogen-bond donors (Lipinski definition) is 2. The summed E-state index contributed by atoms with van der Waals surface area (Å²) in [5.74, 6) is 1.35. The van der Waals surface area contributed by atoms with E-state index < -0.39 is 0 Å². The summed E-state index contributed by atoms with van der Waals surface area (Å²) in [6, 6.07) is 8.03. The van der Waals surface area contributed by atoms with Gasteiger partial charge in [-0.2, -0.15) is 0 Å². The Labute approximate surface area is 115 Å². The highest BCUT2D eigenvalue weighted by atomic mass is 16.5. The standard InChI is InChI=1S/C15H23N3O/c1-12(2)11-18-15(16)17-9-4-10-19-14-7-5-13(3)6-8-14/h5-8H,1,4,9-11H2,2-3H3,(H3,16,17,18). The molecule has 1 aromatic rings. The van der Waals surface area contributed by atoms with E-state index in [2.05, 4.69) is 23.8 Å². The van der Waals surface area contributed by atoms with Crippen LogP contribution < -0.4 is 15.8 Å². The largest absolute Gasteiger partial charge is 0.494 e. The van der Waals surface area contributed by atoms with E-state index in [-0.39, 0.29) is 0 Å². The van der Waals surface area contributed by atoms with Crippen molar-refractivity contribution in [3.8, 4) is 5.75 Å². The summed E-state index contributed by atoms with van der Waals surface area (Å²) >= 11 is 0. The Balaban J connectivity index is 2.12. The summed E-state index contributed by atoms with van der Waals surface area (Å²) in [5.41, 5.74) is 7.91. The molecular formula is C15H23N3O. The number of nitrogens with zero attached hydrogens (tertiary/aromatic N) is 1. The van der Waals surface area contributed by atoms with Crippen LogP contribution >= 0.6 is 0 Å². The number of rotatable bonds is 7. The second-order valence-corrected chi connectivity index (χ2v) is 4.60. The first kappa shape index (κ1) is 15.1. The first-order valence-electron chi connectivity index (χ1n) is 6.45. The molecule has 4 heteroatoms. The van der Waals surface area contributed by atoms with E-state index in [0.29, 0.717) is 19.1 Å². The van der Waals surface area contributed by atoms with Gasteiger partial charge in [-0.3, -0.25) is 0 Å². The van der Waals surface area contributed by atoms with Crippen molar-refractivity contribution in [2.45, 2.75) is 20.3 Å². The normalized spacial score (nSPS) is 11.2. The zero-order chi connectivity index (χ0) is 14.1. The van der Waals surface area contributed by atoms with Crippen LogP contribution in [0.1, 0.15) is 18.9 Å². The molecule has 19 heavy (non-hydrogen) atoms. The molecule has 0 aromatic heterocycles. The first-order chi connectivity index (χ1) is 9.08. The Morgan fingerprint density at radius 2 is 2.05 bits per heavy atom. The summed E-state index contributed by atoms with van der Waals surface area (Å²) in [6.07, 6.45) is 0.872. The molecule has 104 valence electrons. The third-order valence-electron chi connectivity index (χ3n) is 2.44. The number of aryl methyl sites for hydroxylation is 1. The Kier molecular flexibility index (Phi) is 6.50. The molecule has 0 atom stereocenters. The fraction of sp³-hybridized carbons (Fsp3) is 0.400. The number of nitrogens with two attached hydrogens (primary N) is 1. The van der Waals surface area contributed by atoms with Crippen molar-refractivity contribution in [3.63, 3.8) is 0 Å². The van der Waals surface area contributed by atoms with Gasteiger partial charge in [0.15, 0.2) is 5.96 Å². The number of aliphatic imine (C=N–C) groups is 1. The van der Waals surface area contributed by atoms with Crippen molar-refractivity contribution in [1.82, 2.24) is 5.32 Å². The van der Waals surface area contributed by atoms with Crippen molar-refractivity contribution < 1.29 is 4.74 Å². The van der Waals surface area contributed by atoms with Crippen molar-refractivity contribution in [2.24, 2.45) is 10.7 Å². The number of nitrogens with one attached hydrogen (secondary N) is 1. The molecule has 0 radical (unpaired) electrons. The van der Waals surface area contributed by atoms with Crippen molar-refractivity contribution in [2.75, 3.05) is 19.7 Å². The molecule has 3 N–H and O–H groups in total. The summed E-state index contributed by atoms with van der Waals surface area (Å²) in [6.45, 7) is 9.72. The average Bonchev–Trinajstić information content (AvgIpc) is 2.38. The second kappa shape index (κ2) is 8.19. The fourth-order valence-corrected chi connectivity index (χ4v) is 1.39. The quantitative estimate of drug-likeness (QED) is 0.342. The molecule has 1 aromatic carbocycles. The third-order valence-corrected chi connectivity index (χ3v) is 2.44. The van der Waals surface area contributed by atoms with Crippen LogP contribution in [0.4, 0.5) is 0 Å². The molecule has 0 aliphatic heterocycles. The maximum Gasteiger partial charge on any atom is 0.188 e. The van der Waals surface area contributed by atoms with Crippen LogP contribution in [0.2, 0.25) is 0 Å². The van der Waals surface area contributed by atoms with Crippen molar-refractivity contribution in [1.29, 1.82) is 0 Å². The molecule has 4 nitrogen and oxygen atoms in total. The molecular weight excluding hydrogens is 238 g/mol. The van der Waals surface area contributed by atoms with Crippen LogP contribution in [0.5, 0.6) is 5.75 Å². The van der Waals surface area contributed by atoms with E-state index in [4.69, 9.17) is 10.5 Å². The third kappa shape index (κ3) is 7.13. The number of ether oxygens (including phenoxy) is 1. The number of guanidine groups is 1. The molecule has 0 heterocycles. The van der Waals surface area contributed by atoms with E-state index in [1.165, 1.54) is 5.56 Å². The van der Waals surface area contributed by atoms with E-state index in [1.807, 2.05) is 31.2 Å². The molecule has 0 aliphatic carbocycles. The summed E-state index contributed by atoms with van der Waals surface area (Å²) in [5, 5.41) is 3.04. The van der Waals surface area contributed by atoms with Gasteiger partial charge in [0.05, 0.1) is 13.2 Å². The van der Waals surface area contributed by atoms with Crippen LogP contribution in [0, 0.1) is 6.92 Å². The highest BCUT2D eigenvalue weighted by molar-refractivity contribution is 5.77. The highest BCUT2D eigenvalue weighted by Crippen LogP contribution is 2.11. The van der Waals surface area contributed by atoms with Crippen LogP contribution in [-0.2, 0) is 0 Å². The van der Waals surface area contributed by atoms with Crippen LogP contribution in [0.25, 0.3) is 0 Å². The number of benzene rings is 1. The number of hydrogen-bond acceptors (Lipinski definition) is 2. The Bertz CT molecular complexity index is 424. The van der Waals surface area contributed by atoms with Gasteiger partial charge in [-0.05, 0) is 32.4 Å². The molecule has 0 saturated heterocycles. The molecule has 0 bridgehead atoms. The SMILES string of the molecule is C=C(C)CN=C(N)NCCCOc1ccc(C)cc1. The van der Waals surface area contributed by atoms with E-state index in [0.717, 1.165) is 24.3 Å². The smallest absolute Gasteiger partial charge is 0.188 e. The minimum absolute atomic E-state index is 0.457. The molecule has 1 rings (SSSR count). The van der Waals surface area contributed by atoms with Gasteiger partial charge < -0.3 is 15.8 Å². The van der Waals surface area contributed by atoms with Gasteiger partial charge >= 0.3 is 0 Å². The minimum atomic E-state index is 0.457. The zero-order valence-electron chi connectivity index (χ0n) is 11.8. The lowest BCUT2D eigenvalue weighted by Gasteiger charge is -2.08. The van der Waals surface area contributed by atoms with Gasteiger partial charge in [0.2, 0.25) is 0 Å². The topological polar surface area (TPSA) is 59.6 Å². The van der Waals surface area contributed by atoms with Gasteiger partial charge in [0, 0.05) is 6.54 Å². The summed E-state index contributed by atoms with van der Waals surface area (Å²) in [7, 11) is 0. The minimum Gasteiger partial charge on any atom is -0.494 e. The molecule has 0 unspecified atom stereocenters. The van der Waals surface area contributed by atoms with Gasteiger partial charge in [-0.15, -0.1) is 0 Å². The van der Waals surface area contributed by atoms with Gasteiger partial charge in [0.1, 0.15) is 5.75 Å². The van der Waals surface area contributed by atoms with E-state index in [9.17, 15) is 0 Å². The zero-order valence-corrected chi connectivity index (χ0v) is 11.8. The lowest BCUT2D eigenvalue weighted by Crippen LogP contribution is -2.33. The van der Waals surface area contributed by atoms with Crippen LogP contribution in [-0.4, -0.2) is 25.7 Å². The fourth-order valence-electron chi connectivity index (χ4n) is 1.39. The molecule has 0 saturated carbocycles. The second-order valence-electron chi connectivity index (χ2n) is 4.60. The predicted molar refractivity (Wildman–Crippen MR) is 80.6 cm³/mol. The molecule has 0 aliphatic rings. The van der Waals surface area contributed by atoms with Crippen molar-refractivity contribution >= 4 is 5.96 Å². The highest BCUT2D eigenvalue weighted by Gasteiger charge is 1.94. The van der Waals surface area contributed by atoms with Gasteiger partial charge in [-0.25, -0.2) is 4.99 Å². The lowest BCUT2D eigenvalue weighted by atomic mass is 10.2. The van der Waals surface area contributed by atoms with Crippen molar-refractivity contribution in [3.05, 3.63) is 42.0 Å². The maximum atomic E-state index is 5.69. The Morgan fingerprint density at radius 3 is 2.68 bits per heavy atom. The summed E-state index contributed by atoms with van der Waals surface area (Å²) < 4.78 is 5.61. The summed E-state index contributed by atoms with van der Waals surface area (Å²) in [4.78, 5) is 4.13. The van der Waals surface area contributed by atoms with Gasteiger partial charge in [-0.1, -0.05) is 29.8 Å². The Hall–Kier alpha value is -1.97. The van der Waals surface area contributed by atoms with Gasteiger partial charge in [0.25, 0.3) is 0 Å². The molecule has 0 spiro atoms. The first-order valence-corrected chi connectivity index (χ1v) is 6.45. The van der Waals surface area contributed by atoms with E-state index in [1.54, 1.807) is 0 Å². The monoisotopic (exact) mass is 261 g/mol. The average molecular weight is 261 g/mol. The lowest BCUT2D eigenvalue weighted by molar-refractivity contribution is 0.311. The Morgan fingerprint density at radius 1 is 1.37 bits per heavy atom. The predicted octanol–water partition coefficient (Wildman–Crippen LogP) is 2.24. The molecule has 0 amide bonds. The van der Waals surface area contributed by atoms with Crippen LogP contribution in [0.15, 0.2) is 41.4 Å². The maximum absolute atomic E-state index is 5.69. The van der Waals surface area contributed by atoms with E-state index >= 15 is 0 Å². The van der Waals surface area contributed by atoms with Crippen LogP contribution in [0.3, 0.4) is 0 Å².